The first kappa shape index (κ1) is 15.1. The van der Waals surface area contributed by atoms with E-state index in [1.165, 1.54) is 0 Å². The monoisotopic (exact) mass is 280 g/mol. The zero-order chi connectivity index (χ0) is 14.4. The number of aliphatic hydroxyl groups is 1. The second kappa shape index (κ2) is 7.45. The van der Waals surface area contributed by atoms with Gasteiger partial charge in [0, 0.05) is 38.4 Å². The molecule has 2 N–H and O–H groups in total. The molecule has 112 valence electrons. The molecular weight excluding hydrogens is 256 g/mol. The number of nitrogens with zero attached hydrogens (tertiary/aromatic N) is 1. The van der Waals surface area contributed by atoms with E-state index in [-0.39, 0.29) is 24.5 Å². The highest BCUT2D eigenvalue weighted by Crippen LogP contribution is 2.24. The third-order valence-corrected chi connectivity index (χ3v) is 4.06. The number of methoxy groups -OCH3 is 1. The molecule has 1 heterocycles. The van der Waals surface area contributed by atoms with Crippen molar-refractivity contribution in [2.45, 2.75) is 38.3 Å². The first-order valence-electron chi connectivity index (χ1n) is 7.32. The summed E-state index contributed by atoms with van der Waals surface area (Å²) < 4.78 is 6.95. The average molecular weight is 280 g/mol. The molecule has 5 nitrogen and oxygen atoms in total. The van der Waals surface area contributed by atoms with Crippen molar-refractivity contribution < 1.29 is 14.6 Å². The lowest BCUT2D eigenvalue weighted by Crippen LogP contribution is -2.44. The van der Waals surface area contributed by atoms with Crippen LogP contribution in [0.2, 0.25) is 0 Å². The van der Waals surface area contributed by atoms with E-state index in [1.54, 1.807) is 7.11 Å². The van der Waals surface area contributed by atoms with Gasteiger partial charge in [-0.3, -0.25) is 4.79 Å². The average Bonchev–Trinajstić information content (AvgIpc) is 2.94. The number of hydrogen-bond donors (Lipinski definition) is 2. The van der Waals surface area contributed by atoms with Gasteiger partial charge >= 0.3 is 0 Å². The molecule has 2 unspecified atom stereocenters. The summed E-state index contributed by atoms with van der Waals surface area (Å²) in [7, 11) is 1.65. The summed E-state index contributed by atoms with van der Waals surface area (Å²) in [6.45, 7) is 1.40. The summed E-state index contributed by atoms with van der Waals surface area (Å²) >= 11 is 0. The van der Waals surface area contributed by atoms with Crippen molar-refractivity contribution >= 4 is 5.91 Å². The van der Waals surface area contributed by atoms with Crippen LogP contribution in [-0.4, -0.2) is 41.9 Å². The summed E-state index contributed by atoms with van der Waals surface area (Å²) in [5.74, 6) is 0.131. The minimum atomic E-state index is -0.0588. The van der Waals surface area contributed by atoms with Crippen LogP contribution in [0.1, 0.15) is 36.2 Å². The number of ether oxygens (including phenoxy) is 1. The Kier molecular flexibility index (Phi) is 5.61. The number of carbonyl (C=O) groups excluding carboxylic acids is 1. The Morgan fingerprint density at radius 2 is 2.30 bits per heavy atom. The largest absolute Gasteiger partial charge is 0.396 e. The maximum atomic E-state index is 12.4. The molecule has 1 aromatic rings. The van der Waals surface area contributed by atoms with Crippen molar-refractivity contribution in [3.8, 4) is 0 Å². The number of carbonyl (C=O) groups is 1. The van der Waals surface area contributed by atoms with Gasteiger partial charge in [-0.15, -0.1) is 0 Å². The third-order valence-electron chi connectivity index (χ3n) is 4.06. The van der Waals surface area contributed by atoms with Crippen molar-refractivity contribution in [3.63, 3.8) is 0 Å². The first-order valence-corrected chi connectivity index (χ1v) is 7.32. The Bertz CT molecular complexity index is 431. The molecule has 0 aliphatic heterocycles. The Morgan fingerprint density at radius 3 is 3.05 bits per heavy atom. The Hall–Kier alpha value is -1.33. The summed E-state index contributed by atoms with van der Waals surface area (Å²) in [4.78, 5) is 12.4. The van der Waals surface area contributed by atoms with Crippen LogP contribution in [0.15, 0.2) is 18.3 Å². The molecule has 0 radical (unpaired) electrons. The number of aliphatic hydroxyl groups excluding tert-OH is 1. The maximum Gasteiger partial charge on any atom is 0.268 e. The summed E-state index contributed by atoms with van der Waals surface area (Å²) in [5, 5.41) is 12.5. The van der Waals surface area contributed by atoms with Crippen LogP contribution in [0.25, 0.3) is 0 Å². The lowest BCUT2D eigenvalue weighted by atomic mass is 9.85. The predicted octanol–water partition coefficient (Wildman–Crippen LogP) is 1.42. The maximum absolute atomic E-state index is 12.4. The van der Waals surface area contributed by atoms with Crippen LogP contribution in [0.5, 0.6) is 0 Å². The van der Waals surface area contributed by atoms with Crippen molar-refractivity contribution in [2.24, 2.45) is 5.92 Å². The zero-order valence-corrected chi connectivity index (χ0v) is 12.0. The molecule has 0 spiro atoms. The van der Waals surface area contributed by atoms with Crippen molar-refractivity contribution in [3.05, 3.63) is 24.0 Å². The predicted molar refractivity (Wildman–Crippen MR) is 76.6 cm³/mol. The minimum absolute atomic E-state index is 0.0588. The van der Waals surface area contributed by atoms with Gasteiger partial charge in [-0.05, 0) is 25.0 Å². The van der Waals surface area contributed by atoms with Gasteiger partial charge < -0.3 is 19.7 Å². The number of hydrogen-bond acceptors (Lipinski definition) is 3. The molecule has 1 amide bonds. The fourth-order valence-corrected chi connectivity index (χ4v) is 2.86. The van der Waals surface area contributed by atoms with Crippen LogP contribution in [0.3, 0.4) is 0 Å². The highest BCUT2D eigenvalue weighted by molar-refractivity contribution is 5.93. The van der Waals surface area contributed by atoms with E-state index in [9.17, 15) is 9.90 Å². The molecule has 0 saturated heterocycles. The molecule has 2 atom stereocenters. The summed E-state index contributed by atoms with van der Waals surface area (Å²) in [6.07, 6.45) is 6.09. The van der Waals surface area contributed by atoms with Crippen LogP contribution >= 0.6 is 0 Å². The quantitative estimate of drug-likeness (QED) is 0.828. The second-order valence-corrected chi connectivity index (χ2v) is 5.39. The fraction of sp³-hybridized carbons (Fsp3) is 0.667. The van der Waals surface area contributed by atoms with Gasteiger partial charge in [0.05, 0.1) is 6.61 Å². The van der Waals surface area contributed by atoms with E-state index in [0.717, 1.165) is 25.7 Å². The van der Waals surface area contributed by atoms with Crippen molar-refractivity contribution in [1.82, 2.24) is 9.88 Å². The van der Waals surface area contributed by atoms with Crippen LogP contribution in [0.4, 0.5) is 0 Å². The van der Waals surface area contributed by atoms with Crippen molar-refractivity contribution in [1.29, 1.82) is 0 Å². The van der Waals surface area contributed by atoms with Crippen LogP contribution < -0.4 is 5.32 Å². The summed E-state index contributed by atoms with van der Waals surface area (Å²) in [5.41, 5.74) is 0.657. The molecule has 1 aliphatic rings. The topological polar surface area (TPSA) is 63.5 Å². The molecule has 0 bridgehead atoms. The highest BCUT2D eigenvalue weighted by atomic mass is 16.5. The fourth-order valence-electron chi connectivity index (χ4n) is 2.86. The van der Waals surface area contributed by atoms with Gasteiger partial charge in [0.2, 0.25) is 0 Å². The number of nitrogens with one attached hydrogen (secondary N) is 1. The van der Waals surface area contributed by atoms with Crippen LogP contribution in [0, 0.1) is 5.92 Å². The Morgan fingerprint density at radius 1 is 1.50 bits per heavy atom. The van der Waals surface area contributed by atoms with E-state index < -0.39 is 0 Å². The molecule has 1 fully saturated rings. The minimum Gasteiger partial charge on any atom is -0.396 e. The van der Waals surface area contributed by atoms with E-state index in [4.69, 9.17) is 4.74 Å². The number of aromatic nitrogens is 1. The number of rotatable bonds is 6. The smallest absolute Gasteiger partial charge is 0.268 e. The van der Waals surface area contributed by atoms with Gasteiger partial charge in [-0.1, -0.05) is 12.8 Å². The summed E-state index contributed by atoms with van der Waals surface area (Å²) in [6, 6.07) is 3.78. The normalized spacial score (nSPS) is 22.7. The van der Waals surface area contributed by atoms with Gasteiger partial charge in [-0.25, -0.2) is 0 Å². The van der Waals surface area contributed by atoms with Crippen LogP contribution in [-0.2, 0) is 11.3 Å². The van der Waals surface area contributed by atoms with Gasteiger partial charge in [0.1, 0.15) is 5.69 Å². The lowest BCUT2D eigenvalue weighted by Gasteiger charge is -2.30. The lowest BCUT2D eigenvalue weighted by molar-refractivity contribution is 0.0861. The zero-order valence-electron chi connectivity index (χ0n) is 12.0. The van der Waals surface area contributed by atoms with Gasteiger partial charge in [0.15, 0.2) is 0 Å². The van der Waals surface area contributed by atoms with Crippen molar-refractivity contribution in [2.75, 3.05) is 20.3 Å². The highest BCUT2D eigenvalue weighted by Gasteiger charge is 2.26. The molecule has 1 aliphatic carbocycles. The molecule has 1 saturated carbocycles. The SMILES string of the molecule is COCCn1cccc1C(=O)NC1CCCCC1CO. The van der Waals surface area contributed by atoms with E-state index in [2.05, 4.69) is 5.32 Å². The van der Waals surface area contributed by atoms with E-state index in [0.29, 0.717) is 18.8 Å². The standard InChI is InChI=1S/C15H24N2O3/c1-20-10-9-17-8-4-7-14(17)15(19)16-13-6-3-2-5-12(13)11-18/h4,7-8,12-13,18H,2-3,5-6,9-11H2,1H3,(H,16,19). The van der Waals surface area contributed by atoms with Gasteiger partial charge in [-0.2, -0.15) is 0 Å². The molecular formula is C15H24N2O3. The first-order chi connectivity index (χ1) is 9.76. The molecule has 0 aromatic carbocycles. The molecule has 5 heteroatoms. The Balaban J connectivity index is 1.98. The second-order valence-electron chi connectivity index (χ2n) is 5.39. The molecule has 2 rings (SSSR count). The number of amides is 1. The van der Waals surface area contributed by atoms with E-state index >= 15 is 0 Å². The Labute approximate surface area is 119 Å². The van der Waals surface area contributed by atoms with E-state index in [1.807, 2.05) is 22.9 Å². The molecule has 1 aromatic heterocycles. The molecule has 20 heavy (non-hydrogen) atoms. The van der Waals surface area contributed by atoms with Gasteiger partial charge in [0.25, 0.3) is 5.91 Å². The third kappa shape index (κ3) is 3.61.